The van der Waals surface area contributed by atoms with E-state index in [4.69, 9.17) is 24.7 Å². The number of hydrogen-bond donors (Lipinski definition) is 12. The molecule has 0 saturated heterocycles. The summed E-state index contributed by atoms with van der Waals surface area (Å²) in [5.41, 5.74) is 20.9. The number of aliphatic hydroxyl groups is 8. The van der Waals surface area contributed by atoms with Crippen LogP contribution in [0.5, 0.6) is 23.0 Å². The number of nitrogens with two attached hydrogens (primary N) is 1. The Bertz CT molecular complexity index is 5630. The largest absolute Gasteiger partial charge is 0.487 e. The van der Waals surface area contributed by atoms with Crippen LogP contribution in [0.3, 0.4) is 0 Å². The zero-order valence-electron chi connectivity index (χ0n) is 64.7. The molecule has 8 aliphatic rings. The zero-order chi connectivity index (χ0) is 80.5. The van der Waals surface area contributed by atoms with E-state index in [9.17, 15) is 54.0 Å². The van der Waals surface area contributed by atoms with Crippen molar-refractivity contribution in [2.24, 2.45) is 0 Å². The van der Waals surface area contributed by atoms with E-state index in [1.807, 2.05) is 109 Å². The molecule has 4 fully saturated rings. The standard InChI is InChI=1S/C22H23F2N3O3.C22H26N4O3.C21H23FN4O3.C21H24N4O3/c1-11-2-6-26-22-12(11)4-7-27(22)16-9-18(21(29)20(16)28)30-17-8-15(23)19(24)13-3-5-25-10-14(13)17;1-12-14-5-3-4-6-16(14)19(10-23-12)29-18-9-17(20(27)21(18)28)26-8-7-15-13(2)24-11-25-22(15)26;22-13-10-26(21-18(13)14(23)5-7-25-21)15-8-17(20(28)19(15)27)29-16-3-1-2-11-4-6-24-9-12(11)16;1-12-2-6-24-21-14(12)4-7-25(21)16-8-17(20(27)19(16)26)28-18-11-23-9-13-3-5-22-10-15(13)18/h2,4,6-8,16,18,20-21,25,28-29H,3,5,9-10H2,1H3;7-8,10-11,17-18,20-21,27-28H,3-6,9H2,1-2H3;1-3,5,7,10,15,17,19-20,24,27-28H,4,6,8-9H2,(H2,23,25);2,4,6-7,9,11,16-17,19-20,22,26-27H,3,5,8,10H2,1H3/t16?,18?,20-,21+;17?,18?,20-,21+;15?,17?,19-,20+;/m000./s1. The highest BCUT2D eigenvalue weighted by molar-refractivity contribution is 5.89. The van der Waals surface area contributed by atoms with E-state index in [2.05, 4.69) is 56.9 Å². The Morgan fingerprint density at radius 1 is 0.414 bits per heavy atom. The molecule has 13 N–H and O–H groups in total. The smallest absolute Gasteiger partial charge is 0.162 e. The second kappa shape index (κ2) is 32.7. The lowest BCUT2D eigenvalue weighted by molar-refractivity contribution is -0.0167. The number of nitrogens with one attached hydrogen (secondary N) is 3. The summed E-state index contributed by atoms with van der Waals surface area (Å²) >= 11 is 0. The average Bonchev–Trinajstić information content (AvgIpc) is 1.64. The topological polar surface area (TPSA) is 371 Å². The predicted molar refractivity (Wildman–Crippen MR) is 425 cm³/mol. The van der Waals surface area contributed by atoms with Crippen LogP contribution >= 0.6 is 0 Å². The second-order valence-electron chi connectivity index (χ2n) is 31.8. The molecule has 13 heterocycles. The van der Waals surface area contributed by atoms with E-state index in [0.29, 0.717) is 80.0 Å². The number of pyridine rings is 5. The van der Waals surface area contributed by atoms with Crippen LogP contribution in [-0.4, -0.2) is 187 Å². The maximum absolute atomic E-state index is 14.5. The molecule has 5 aliphatic carbocycles. The molecule has 12 aromatic rings. The Balaban J connectivity index is 0.000000111. The number of rotatable bonds is 12. The third-order valence-corrected chi connectivity index (χ3v) is 24.9. The van der Waals surface area contributed by atoms with Gasteiger partial charge < -0.3 is 99.8 Å². The molecule has 0 spiro atoms. The third-order valence-electron chi connectivity index (χ3n) is 24.9. The van der Waals surface area contributed by atoms with Gasteiger partial charge in [0.1, 0.15) is 125 Å². The van der Waals surface area contributed by atoms with Crippen molar-refractivity contribution < 1.29 is 73.0 Å². The second-order valence-corrected chi connectivity index (χ2v) is 31.8. The summed E-state index contributed by atoms with van der Waals surface area (Å²) in [6, 6.07) is 16.6. The quantitative estimate of drug-likeness (QED) is 0.0554. The van der Waals surface area contributed by atoms with Crippen molar-refractivity contribution in [1.29, 1.82) is 0 Å². The molecule has 27 nitrogen and oxygen atoms in total. The van der Waals surface area contributed by atoms with Crippen molar-refractivity contribution in [3.63, 3.8) is 0 Å². The molecule has 116 heavy (non-hydrogen) atoms. The Kier molecular flexibility index (Phi) is 22.1. The van der Waals surface area contributed by atoms with Gasteiger partial charge in [-0.15, -0.1) is 0 Å². The number of aliphatic hydroxyl groups excluding tert-OH is 8. The summed E-state index contributed by atoms with van der Waals surface area (Å²) in [6.45, 7) is 12.2. The number of fused-ring (bicyclic) bond motifs is 8. The van der Waals surface area contributed by atoms with Crippen LogP contribution < -0.4 is 40.6 Å². The minimum Gasteiger partial charge on any atom is -0.487 e. The molecule has 20 rings (SSSR count). The number of benzene rings is 2. The molecule has 16 atom stereocenters. The normalized spacial score (nSPS) is 26.6. The molecular weight excluding hydrogens is 1490 g/mol. The number of nitrogens with zero attached hydrogens (tertiary/aromatic N) is 11. The Morgan fingerprint density at radius 3 is 1.49 bits per heavy atom. The molecule has 10 aromatic heterocycles. The van der Waals surface area contributed by atoms with Crippen molar-refractivity contribution in [2.45, 2.75) is 215 Å². The first-order valence-electron chi connectivity index (χ1n) is 40.0. The van der Waals surface area contributed by atoms with Gasteiger partial charge >= 0.3 is 0 Å². The Hall–Kier alpha value is -10.2. The van der Waals surface area contributed by atoms with Gasteiger partial charge in [-0.2, -0.15) is 0 Å². The Labute approximate surface area is 666 Å². The lowest BCUT2D eigenvalue weighted by atomic mass is 9.90. The fraction of sp³-hybridized carbons (Fsp3) is 0.430. The van der Waals surface area contributed by atoms with Crippen molar-refractivity contribution in [3.05, 3.63) is 213 Å². The highest BCUT2D eigenvalue weighted by Crippen LogP contribution is 2.44. The molecule has 30 heteroatoms. The number of anilines is 1. The van der Waals surface area contributed by atoms with Gasteiger partial charge in [0, 0.05) is 156 Å². The first kappa shape index (κ1) is 78.3. The van der Waals surface area contributed by atoms with Gasteiger partial charge in [0.2, 0.25) is 0 Å². The number of halogens is 3. The third kappa shape index (κ3) is 14.6. The number of aromatic nitrogens is 11. The van der Waals surface area contributed by atoms with Gasteiger partial charge in [-0.1, -0.05) is 12.1 Å². The van der Waals surface area contributed by atoms with Gasteiger partial charge in [-0.25, -0.2) is 38.1 Å². The summed E-state index contributed by atoms with van der Waals surface area (Å²) < 4.78 is 74.6. The Morgan fingerprint density at radius 2 is 0.897 bits per heavy atom. The van der Waals surface area contributed by atoms with Crippen LogP contribution in [0.2, 0.25) is 0 Å². The summed E-state index contributed by atoms with van der Waals surface area (Å²) in [5.74, 6) is 0.0395. The minimum absolute atomic E-state index is 0.208. The van der Waals surface area contributed by atoms with E-state index >= 15 is 0 Å². The van der Waals surface area contributed by atoms with Crippen molar-refractivity contribution >= 4 is 49.8 Å². The fourth-order valence-corrected chi connectivity index (χ4v) is 18.5. The van der Waals surface area contributed by atoms with E-state index < -0.39 is 103 Å². The summed E-state index contributed by atoms with van der Waals surface area (Å²) in [7, 11) is 0. The summed E-state index contributed by atoms with van der Waals surface area (Å²) in [6.07, 6.45) is 16.3. The lowest BCUT2D eigenvalue weighted by Crippen LogP contribution is -2.35. The highest BCUT2D eigenvalue weighted by Gasteiger charge is 2.49. The van der Waals surface area contributed by atoms with E-state index in [1.165, 1.54) is 53.5 Å². The van der Waals surface area contributed by atoms with E-state index in [0.717, 1.165) is 130 Å². The molecule has 10 unspecified atom stereocenters. The van der Waals surface area contributed by atoms with Crippen LogP contribution in [0.4, 0.5) is 18.9 Å². The summed E-state index contributed by atoms with van der Waals surface area (Å²) in [5, 5.41) is 98.7. The SMILES string of the molecule is Cc1ccnc2c1ccn2C1CC(Oc2cc(F)c(F)c3c2CNCC3)[C@@H](O)[C@H]1O.Cc1ccnc2c1ccn2C1CC(Oc2cncc3c2CNCC3)C(O)C1O.Cc1ncc(OC2CC(n3ccc4c(C)ncnc43)[C@H](O)[C@@H]2O)c2c1CCCC2.Nc1ccnc2c1c(F)cn2C1CC(Oc2cccc3c2CNCC3)[C@@H](O)[C@H]1O. The van der Waals surface area contributed by atoms with Gasteiger partial charge in [-0.3, -0.25) is 9.97 Å². The van der Waals surface area contributed by atoms with Gasteiger partial charge in [-0.05, 0) is 163 Å². The van der Waals surface area contributed by atoms with Crippen LogP contribution in [-0.2, 0) is 51.7 Å². The van der Waals surface area contributed by atoms with Gasteiger partial charge in [0.25, 0.3) is 0 Å². The van der Waals surface area contributed by atoms with Gasteiger partial charge in [0.05, 0.1) is 47.6 Å². The number of aryl methyl sites for hydroxylation is 4. The molecular formula is C86H96F3N15O12. The fourth-order valence-electron chi connectivity index (χ4n) is 18.5. The molecule has 0 amide bonds. The number of ether oxygens (including phenoxy) is 4. The van der Waals surface area contributed by atoms with E-state index in [1.54, 1.807) is 29.4 Å². The zero-order valence-corrected chi connectivity index (χ0v) is 64.7. The lowest BCUT2D eigenvalue weighted by Gasteiger charge is -2.25. The maximum atomic E-state index is 14.5. The molecule has 608 valence electrons. The van der Waals surface area contributed by atoms with E-state index in [-0.39, 0.29) is 28.9 Å². The molecule has 0 bridgehead atoms. The van der Waals surface area contributed by atoms with Crippen LogP contribution in [0.1, 0.15) is 130 Å². The highest BCUT2D eigenvalue weighted by atomic mass is 19.2. The maximum Gasteiger partial charge on any atom is 0.162 e. The predicted octanol–water partition coefficient (Wildman–Crippen LogP) is 7.84. The first-order chi connectivity index (χ1) is 56.2. The monoisotopic (exact) mass is 1590 g/mol. The van der Waals surface area contributed by atoms with Gasteiger partial charge in [0.15, 0.2) is 17.5 Å². The number of hydrogen-bond acceptors (Lipinski definition) is 23. The molecule has 0 radical (unpaired) electrons. The minimum atomic E-state index is -1.17. The summed E-state index contributed by atoms with van der Waals surface area (Å²) in [4.78, 5) is 30.6. The van der Waals surface area contributed by atoms with Crippen LogP contribution in [0.25, 0.3) is 44.1 Å². The van der Waals surface area contributed by atoms with Crippen LogP contribution in [0.15, 0.2) is 129 Å². The van der Waals surface area contributed by atoms with Crippen molar-refractivity contribution in [1.82, 2.24) is 69.1 Å². The molecule has 4 saturated carbocycles. The molecule has 2 aromatic carbocycles. The first-order valence-corrected chi connectivity index (χ1v) is 40.0. The average molecular weight is 1590 g/mol. The molecule has 3 aliphatic heterocycles. The van der Waals surface area contributed by atoms with Crippen molar-refractivity contribution in [2.75, 3.05) is 25.4 Å². The van der Waals surface area contributed by atoms with Crippen LogP contribution in [0, 0.1) is 45.1 Å². The number of nitrogen functional groups attached to an aromatic ring is 1. The van der Waals surface area contributed by atoms with Crippen molar-refractivity contribution in [3.8, 4) is 23.0 Å².